The normalized spacial score (nSPS) is 14.4. The van der Waals surface area contributed by atoms with Crippen molar-refractivity contribution in [1.29, 1.82) is 0 Å². The fourth-order valence-electron chi connectivity index (χ4n) is 2.39. The van der Waals surface area contributed by atoms with Gasteiger partial charge in [-0.25, -0.2) is 4.79 Å². The van der Waals surface area contributed by atoms with E-state index in [1.807, 2.05) is 31.2 Å². The number of likely N-dealkylation sites (tertiary alicyclic amines) is 1. The third-order valence-electron chi connectivity index (χ3n) is 3.49. The summed E-state index contributed by atoms with van der Waals surface area (Å²) in [5, 5.41) is 2.75. The maximum Gasteiger partial charge on any atom is 0.411 e. The van der Waals surface area contributed by atoms with Crippen molar-refractivity contribution in [1.82, 2.24) is 4.90 Å². The molecular weight excluding hydrogens is 304 g/mol. The molecule has 0 spiro atoms. The van der Waals surface area contributed by atoms with Crippen molar-refractivity contribution in [2.45, 2.75) is 26.4 Å². The molecule has 0 unspecified atom stereocenters. The molecule has 0 aromatic heterocycles. The van der Waals surface area contributed by atoms with Gasteiger partial charge in [-0.15, -0.1) is 12.4 Å². The minimum atomic E-state index is -0.400. The van der Waals surface area contributed by atoms with Gasteiger partial charge in [0.1, 0.15) is 6.61 Å². The summed E-state index contributed by atoms with van der Waals surface area (Å²) < 4.78 is 10.6. The fourth-order valence-corrected chi connectivity index (χ4v) is 2.39. The van der Waals surface area contributed by atoms with Gasteiger partial charge in [-0.1, -0.05) is 12.1 Å². The number of carbonyl (C=O) groups excluding carboxylic acids is 1. The van der Waals surface area contributed by atoms with Crippen LogP contribution in [0.3, 0.4) is 0 Å². The number of amides is 1. The Labute approximate surface area is 138 Å². The van der Waals surface area contributed by atoms with Gasteiger partial charge in [0, 0.05) is 18.8 Å². The lowest BCUT2D eigenvalue weighted by Gasteiger charge is -2.14. The second kappa shape index (κ2) is 10.4. The lowest BCUT2D eigenvalue weighted by Crippen LogP contribution is -2.26. The molecule has 22 heavy (non-hydrogen) atoms. The van der Waals surface area contributed by atoms with Crippen LogP contribution in [0.25, 0.3) is 0 Å². The van der Waals surface area contributed by atoms with E-state index in [9.17, 15) is 4.79 Å². The van der Waals surface area contributed by atoms with Gasteiger partial charge in [0.15, 0.2) is 0 Å². The molecule has 2 rings (SSSR count). The molecule has 1 amide bonds. The molecule has 0 atom stereocenters. The third-order valence-corrected chi connectivity index (χ3v) is 3.49. The van der Waals surface area contributed by atoms with Crippen LogP contribution in [0.5, 0.6) is 0 Å². The highest BCUT2D eigenvalue weighted by molar-refractivity contribution is 5.85. The molecule has 1 N–H and O–H groups in total. The molecular formula is C16H25ClN2O3. The Balaban J connectivity index is 0.00000242. The first-order valence-corrected chi connectivity index (χ1v) is 7.60. The number of benzene rings is 1. The van der Waals surface area contributed by atoms with Crippen LogP contribution in [0.4, 0.5) is 10.5 Å². The minimum Gasteiger partial charge on any atom is -0.448 e. The SMILES string of the molecule is CCOCc1cccc(NC(=O)OCCN2CCCC2)c1.Cl. The number of nitrogens with zero attached hydrogens (tertiary/aromatic N) is 1. The number of halogens is 1. The number of hydrogen-bond acceptors (Lipinski definition) is 4. The number of anilines is 1. The quantitative estimate of drug-likeness (QED) is 0.834. The standard InChI is InChI=1S/C16H24N2O3.ClH/c1-2-20-13-14-6-5-7-15(12-14)17-16(19)21-11-10-18-8-3-4-9-18;/h5-7,12H,2-4,8-11,13H2,1H3,(H,17,19);1H. The van der Waals surface area contributed by atoms with Gasteiger partial charge >= 0.3 is 6.09 Å². The zero-order valence-corrected chi connectivity index (χ0v) is 13.9. The number of hydrogen-bond donors (Lipinski definition) is 1. The first-order valence-electron chi connectivity index (χ1n) is 7.60. The summed E-state index contributed by atoms with van der Waals surface area (Å²) in [6.45, 7) is 6.67. The van der Waals surface area contributed by atoms with Crippen LogP contribution in [-0.2, 0) is 16.1 Å². The van der Waals surface area contributed by atoms with Crippen molar-refractivity contribution in [2.24, 2.45) is 0 Å². The van der Waals surface area contributed by atoms with Gasteiger partial charge in [0.2, 0.25) is 0 Å². The number of ether oxygens (including phenoxy) is 2. The molecule has 0 bridgehead atoms. The monoisotopic (exact) mass is 328 g/mol. The second-order valence-electron chi connectivity index (χ2n) is 5.15. The maximum atomic E-state index is 11.7. The average Bonchev–Trinajstić information content (AvgIpc) is 2.99. The largest absolute Gasteiger partial charge is 0.448 e. The van der Waals surface area contributed by atoms with E-state index in [2.05, 4.69) is 10.2 Å². The number of nitrogens with one attached hydrogen (secondary N) is 1. The van der Waals surface area contributed by atoms with E-state index in [4.69, 9.17) is 9.47 Å². The minimum absolute atomic E-state index is 0. The summed E-state index contributed by atoms with van der Waals surface area (Å²) in [6.07, 6.45) is 2.10. The van der Waals surface area contributed by atoms with Crippen LogP contribution in [0.1, 0.15) is 25.3 Å². The zero-order valence-electron chi connectivity index (χ0n) is 13.0. The van der Waals surface area contributed by atoms with Crippen LogP contribution in [0.15, 0.2) is 24.3 Å². The van der Waals surface area contributed by atoms with E-state index in [0.29, 0.717) is 19.8 Å². The summed E-state index contributed by atoms with van der Waals surface area (Å²) in [5.74, 6) is 0. The Morgan fingerprint density at radius 3 is 2.82 bits per heavy atom. The van der Waals surface area contributed by atoms with Crippen LogP contribution < -0.4 is 5.32 Å². The fraction of sp³-hybridized carbons (Fsp3) is 0.562. The summed E-state index contributed by atoms with van der Waals surface area (Å²) in [7, 11) is 0. The van der Waals surface area contributed by atoms with Crippen LogP contribution in [0, 0.1) is 0 Å². The molecule has 0 radical (unpaired) electrons. The van der Waals surface area contributed by atoms with Crippen LogP contribution in [0.2, 0.25) is 0 Å². The predicted molar refractivity (Wildman–Crippen MR) is 89.7 cm³/mol. The first kappa shape index (κ1) is 18.7. The second-order valence-corrected chi connectivity index (χ2v) is 5.15. The molecule has 1 aromatic carbocycles. The Kier molecular flexibility index (Phi) is 8.89. The van der Waals surface area contributed by atoms with Crippen molar-refractivity contribution in [3.63, 3.8) is 0 Å². The van der Waals surface area contributed by atoms with E-state index < -0.39 is 6.09 Å². The molecule has 1 saturated heterocycles. The molecule has 0 aliphatic carbocycles. The van der Waals surface area contributed by atoms with Gasteiger partial charge in [-0.05, 0) is 50.6 Å². The van der Waals surface area contributed by atoms with Crippen molar-refractivity contribution < 1.29 is 14.3 Å². The first-order chi connectivity index (χ1) is 10.3. The summed E-state index contributed by atoms with van der Waals surface area (Å²) >= 11 is 0. The topological polar surface area (TPSA) is 50.8 Å². The molecule has 5 nitrogen and oxygen atoms in total. The Morgan fingerprint density at radius 1 is 1.32 bits per heavy atom. The number of rotatable bonds is 7. The summed E-state index contributed by atoms with van der Waals surface area (Å²) in [4.78, 5) is 14.0. The van der Waals surface area contributed by atoms with Gasteiger partial charge < -0.3 is 9.47 Å². The lowest BCUT2D eigenvalue weighted by molar-refractivity contribution is 0.134. The highest BCUT2D eigenvalue weighted by Gasteiger charge is 2.11. The van der Waals surface area contributed by atoms with Gasteiger partial charge in [-0.2, -0.15) is 0 Å². The zero-order chi connectivity index (χ0) is 14.9. The van der Waals surface area contributed by atoms with Crippen LogP contribution >= 0.6 is 12.4 Å². The van der Waals surface area contributed by atoms with Crippen molar-refractivity contribution in [3.05, 3.63) is 29.8 Å². The lowest BCUT2D eigenvalue weighted by atomic mass is 10.2. The van der Waals surface area contributed by atoms with Gasteiger partial charge in [0.05, 0.1) is 6.61 Å². The molecule has 1 fully saturated rings. The van der Waals surface area contributed by atoms with E-state index in [1.54, 1.807) is 0 Å². The van der Waals surface area contributed by atoms with E-state index in [1.165, 1.54) is 12.8 Å². The molecule has 1 aromatic rings. The van der Waals surface area contributed by atoms with Gasteiger partial charge in [-0.3, -0.25) is 10.2 Å². The smallest absolute Gasteiger partial charge is 0.411 e. The average molecular weight is 329 g/mol. The highest BCUT2D eigenvalue weighted by Crippen LogP contribution is 2.12. The molecule has 124 valence electrons. The predicted octanol–water partition coefficient (Wildman–Crippen LogP) is 3.29. The Bertz CT molecular complexity index is 451. The van der Waals surface area contributed by atoms with E-state index >= 15 is 0 Å². The Hall–Kier alpha value is -1.30. The molecule has 6 heteroatoms. The van der Waals surface area contributed by atoms with Crippen molar-refractivity contribution >= 4 is 24.2 Å². The van der Waals surface area contributed by atoms with Crippen LogP contribution in [-0.4, -0.2) is 43.8 Å². The molecule has 1 heterocycles. The third kappa shape index (κ3) is 6.64. The summed E-state index contributed by atoms with van der Waals surface area (Å²) in [5.41, 5.74) is 1.77. The summed E-state index contributed by atoms with van der Waals surface area (Å²) in [6, 6.07) is 7.61. The molecule has 1 aliphatic rings. The highest BCUT2D eigenvalue weighted by atomic mass is 35.5. The molecule has 1 aliphatic heterocycles. The maximum absolute atomic E-state index is 11.7. The van der Waals surface area contributed by atoms with Crippen molar-refractivity contribution in [3.8, 4) is 0 Å². The van der Waals surface area contributed by atoms with Gasteiger partial charge in [0.25, 0.3) is 0 Å². The number of carbonyl (C=O) groups is 1. The molecule has 0 saturated carbocycles. The van der Waals surface area contributed by atoms with E-state index in [0.717, 1.165) is 30.9 Å². The van der Waals surface area contributed by atoms with Crippen molar-refractivity contribution in [2.75, 3.05) is 38.2 Å². The van der Waals surface area contributed by atoms with E-state index in [-0.39, 0.29) is 12.4 Å². The Morgan fingerprint density at radius 2 is 2.09 bits per heavy atom.